The number of furan rings is 1. The molecule has 0 saturated heterocycles. The summed E-state index contributed by atoms with van der Waals surface area (Å²) >= 11 is 0. The van der Waals surface area contributed by atoms with Gasteiger partial charge >= 0.3 is 0 Å². The Morgan fingerprint density at radius 2 is 1.96 bits per heavy atom. The average molecular weight is 339 g/mol. The standard InChI is InChI=1S/C19H21N3O3/c1-13(15-9-8-14-5-2-3-6-16(14)11-15)21-22-18(23)12-20-19(24)17-7-4-10-25-17/h4,7-11H,2-3,5-6,12H2,1H3,(H,20,24)(H,22,23). The highest BCUT2D eigenvalue weighted by Gasteiger charge is 2.12. The fourth-order valence-corrected chi connectivity index (χ4v) is 2.86. The van der Waals surface area contributed by atoms with Gasteiger partial charge in [-0.1, -0.05) is 12.1 Å². The van der Waals surface area contributed by atoms with Crippen LogP contribution in [0.3, 0.4) is 0 Å². The minimum atomic E-state index is -0.435. The molecule has 2 amide bonds. The van der Waals surface area contributed by atoms with Crippen LogP contribution in [-0.2, 0) is 17.6 Å². The minimum Gasteiger partial charge on any atom is -0.459 e. The van der Waals surface area contributed by atoms with E-state index in [1.165, 1.54) is 36.3 Å². The maximum absolute atomic E-state index is 11.8. The van der Waals surface area contributed by atoms with Gasteiger partial charge in [-0.05, 0) is 67.5 Å². The highest BCUT2D eigenvalue weighted by molar-refractivity contribution is 6.00. The van der Waals surface area contributed by atoms with E-state index >= 15 is 0 Å². The van der Waals surface area contributed by atoms with Crippen LogP contribution >= 0.6 is 0 Å². The minimum absolute atomic E-state index is 0.166. The summed E-state index contributed by atoms with van der Waals surface area (Å²) in [5, 5.41) is 6.60. The summed E-state index contributed by atoms with van der Waals surface area (Å²) in [7, 11) is 0. The van der Waals surface area contributed by atoms with Gasteiger partial charge in [-0.25, -0.2) is 5.43 Å². The van der Waals surface area contributed by atoms with Gasteiger partial charge in [-0.2, -0.15) is 5.10 Å². The highest BCUT2D eigenvalue weighted by Crippen LogP contribution is 2.22. The van der Waals surface area contributed by atoms with E-state index in [0.29, 0.717) is 0 Å². The molecule has 0 unspecified atom stereocenters. The molecular formula is C19H21N3O3. The topological polar surface area (TPSA) is 83.7 Å². The van der Waals surface area contributed by atoms with Crippen molar-refractivity contribution in [2.45, 2.75) is 32.6 Å². The van der Waals surface area contributed by atoms with E-state index in [9.17, 15) is 9.59 Å². The molecule has 130 valence electrons. The molecule has 3 rings (SSSR count). The van der Waals surface area contributed by atoms with Gasteiger partial charge in [-0.3, -0.25) is 9.59 Å². The van der Waals surface area contributed by atoms with E-state index in [2.05, 4.69) is 28.0 Å². The van der Waals surface area contributed by atoms with E-state index in [1.54, 1.807) is 6.07 Å². The summed E-state index contributed by atoms with van der Waals surface area (Å²) in [5.74, 6) is -0.658. The number of carbonyl (C=O) groups excluding carboxylic acids is 2. The molecule has 2 aromatic rings. The van der Waals surface area contributed by atoms with Crippen molar-refractivity contribution < 1.29 is 14.0 Å². The lowest BCUT2D eigenvalue weighted by molar-refractivity contribution is -0.120. The van der Waals surface area contributed by atoms with Crippen molar-refractivity contribution in [3.8, 4) is 0 Å². The first-order chi connectivity index (χ1) is 12.1. The monoisotopic (exact) mass is 339 g/mol. The zero-order valence-electron chi connectivity index (χ0n) is 14.2. The van der Waals surface area contributed by atoms with Crippen molar-refractivity contribution in [3.63, 3.8) is 0 Å². The number of fused-ring (bicyclic) bond motifs is 1. The van der Waals surface area contributed by atoms with Gasteiger partial charge in [0, 0.05) is 0 Å². The third-order valence-corrected chi connectivity index (χ3v) is 4.27. The van der Waals surface area contributed by atoms with Crippen molar-refractivity contribution in [3.05, 3.63) is 59.0 Å². The number of nitrogens with zero attached hydrogens (tertiary/aromatic N) is 1. The van der Waals surface area contributed by atoms with Crippen LogP contribution in [0, 0.1) is 0 Å². The number of carbonyl (C=O) groups is 2. The zero-order valence-corrected chi connectivity index (χ0v) is 14.2. The van der Waals surface area contributed by atoms with Crippen molar-refractivity contribution in [1.82, 2.24) is 10.7 Å². The summed E-state index contributed by atoms with van der Waals surface area (Å²) in [6.07, 6.45) is 6.11. The van der Waals surface area contributed by atoms with Crippen LogP contribution in [-0.4, -0.2) is 24.1 Å². The summed E-state index contributed by atoms with van der Waals surface area (Å²) in [4.78, 5) is 23.5. The van der Waals surface area contributed by atoms with Gasteiger partial charge in [0.2, 0.25) is 0 Å². The molecule has 0 bridgehead atoms. The van der Waals surface area contributed by atoms with Crippen molar-refractivity contribution in [2.24, 2.45) is 5.10 Å². The number of nitrogens with one attached hydrogen (secondary N) is 2. The predicted molar refractivity (Wildman–Crippen MR) is 94.5 cm³/mol. The zero-order chi connectivity index (χ0) is 17.6. The fourth-order valence-electron chi connectivity index (χ4n) is 2.86. The lowest BCUT2D eigenvalue weighted by Gasteiger charge is -2.16. The van der Waals surface area contributed by atoms with Crippen LogP contribution in [0.25, 0.3) is 0 Å². The number of rotatable bonds is 5. The maximum atomic E-state index is 11.8. The molecule has 1 aliphatic carbocycles. The molecule has 1 heterocycles. The molecule has 1 aliphatic rings. The second-order valence-corrected chi connectivity index (χ2v) is 6.08. The van der Waals surface area contributed by atoms with Gasteiger partial charge in [0.1, 0.15) is 0 Å². The SMILES string of the molecule is CC(=NNC(=O)CNC(=O)c1ccco1)c1ccc2c(c1)CCCC2. The second-order valence-electron chi connectivity index (χ2n) is 6.08. The van der Waals surface area contributed by atoms with E-state index in [0.717, 1.165) is 24.1 Å². The Morgan fingerprint density at radius 1 is 1.16 bits per heavy atom. The summed E-state index contributed by atoms with van der Waals surface area (Å²) in [6.45, 7) is 1.69. The second kappa shape index (κ2) is 7.79. The molecule has 2 N–H and O–H groups in total. The van der Waals surface area contributed by atoms with Crippen LogP contribution < -0.4 is 10.7 Å². The Hall–Kier alpha value is -2.89. The third-order valence-electron chi connectivity index (χ3n) is 4.27. The molecule has 0 aliphatic heterocycles. The Balaban J connectivity index is 1.54. The van der Waals surface area contributed by atoms with Gasteiger partial charge in [-0.15, -0.1) is 0 Å². The summed E-state index contributed by atoms with van der Waals surface area (Å²) in [6, 6.07) is 9.48. The van der Waals surface area contributed by atoms with Crippen LogP contribution in [0.1, 0.15) is 47.0 Å². The molecule has 0 saturated carbocycles. The number of hydrogen-bond acceptors (Lipinski definition) is 4. The molecule has 0 fully saturated rings. The van der Waals surface area contributed by atoms with E-state index in [-0.39, 0.29) is 12.3 Å². The quantitative estimate of drug-likeness (QED) is 0.648. The van der Waals surface area contributed by atoms with Crippen molar-refractivity contribution in [2.75, 3.05) is 6.54 Å². The predicted octanol–water partition coefficient (Wildman–Crippen LogP) is 2.43. The normalized spacial score (nSPS) is 13.9. The van der Waals surface area contributed by atoms with Gasteiger partial charge in [0.05, 0.1) is 18.5 Å². The fraction of sp³-hybridized carbons (Fsp3) is 0.316. The number of hydrazone groups is 1. The smallest absolute Gasteiger partial charge is 0.287 e. The molecule has 25 heavy (non-hydrogen) atoms. The summed E-state index contributed by atoms with van der Waals surface area (Å²) in [5.41, 5.74) is 6.98. The van der Waals surface area contributed by atoms with Gasteiger partial charge in [0.15, 0.2) is 5.76 Å². The van der Waals surface area contributed by atoms with E-state index < -0.39 is 11.8 Å². The van der Waals surface area contributed by atoms with E-state index in [1.807, 2.05) is 13.0 Å². The molecule has 0 atom stereocenters. The van der Waals surface area contributed by atoms with E-state index in [4.69, 9.17) is 4.42 Å². The average Bonchev–Trinajstić information content (AvgIpc) is 3.18. The Labute approximate surface area is 146 Å². The first-order valence-corrected chi connectivity index (χ1v) is 8.40. The van der Waals surface area contributed by atoms with Crippen molar-refractivity contribution in [1.29, 1.82) is 0 Å². The molecule has 0 radical (unpaired) electrons. The number of benzene rings is 1. The molecular weight excluding hydrogens is 318 g/mol. The molecule has 6 nitrogen and oxygen atoms in total. The molecule has 6 heteroatoms. The third kappa shape index (κ3) is 4.35. The number of amides is 2. The number of aryl methyl sites for hydroxylation is 2. The van der Waals surface area contributed by atoms with Crippen molar-refractivity contribution >= 4 is 17.5 Å². The first-order valence-electron chi connectivity index (χ1n) is 8.40. The Kier molecular flexibility index (Phi) is 5.28. The molecule has 1 aromatic carbocycles. The largest absolute Gasteiger partial charge is 0.459 e. The van der Waals surface area contributed by atoms with Gasteiger partial charge in [0.25, 0.3) is 11.8 Å². The lowest BCUT2D eigenvalue weighted by atomic mass is 9.90. The molecule has 0 spiro atoms. The van der Waals surface area contributed by atoms with Crippen LogP contribution in [0.5, 0.6) is 0 Å². The van der Waals surface area contributed by atoms with Crippen LogP contribution in [0.15, 0.2) is 46.1 Å². The molecule has 1 aromatic heterocycles. The number of hydrogen-bond donors (Lipinski definition) is 2. The first kappa shape index (κ1) is 17.0. The van der Waals surface area contributed by atoms with Gasteiger partial charge < -0.3 is 9.73 Å². The Morgan fingerprint density at radius 3 is 2.72 bits per heavy atom. The highest BCUT2D eigenvalue weighted by atomic mass is 16.3. The van der Waals surface area contributed by atoms with Crippen LogP contribution in [0.2, 0.25) is 0 Å². The summed E-state index contributed by atoms with van der Waals surface area (Å²) < 4.78 is 4.96. The maximum Gasteiger partial charge on any atom is 0.287 e. The Bertz CT molecular complexity index is 794. The van der Waals surface area contributed by atoms with Crippen LogP contribution in [0.4, 0.5) is 0 Å². The lowest BCUT2D eigenvalue weighted by Crippen LogP contribution is -2.35.